The van der Waals surface area contributed by atoms with Gasteiger partial charge >= 0.3 is 0 Å². The highest BCUT2D eigenvalue weighted by Crippen LogP contribution is 2.22. The molecule has 1 heterocycles. The molecule has 0 aliphatic heterocycles. The fraction of sp³-hybridized carbons (Fsp3) is 0.545. The number of rotatable bonds is 6. The number of nitrogens with one attached hydrogen (secondary N) is 2. The summed E-state index contributed by atoms with van der Waals surface area (Å²) in [5.41, 5.74) is 0. The van der Waals surface area contributed by atoms with Crippen molar-refractivity contribution in [1.82, 2.24) is 15.3 Å². The van der Waals surface area contributed by atoms with Gasteiger partial charge < -0.3 is 10.6 Å². The second-order valence-electron chi connectivity index (χ2n) is 3.84. The highest BCUT2D eigenvalue weighted by Gasteiger charge is 2.06. The number of anilines is 1. The summed E-state index contributed by atoms with van der Waals surface area (Å²) < 4.78 is 0. The van der Waals surface area contributed by atoms with Crippen molar-refractivity contribution >= 4 is 23.5 Å². The number of hydrogen-bond acceptors (Lipinski definition) is 5. The molecular weight excluding hydrogens is 236 g/mol. The van der Waals surface area contributed by atoms with Crippen LogP contribution in [0.1, 0.15) is 20.8 Å². The van der Waals surface area contributed by atoms with Gasteiger partial charge in [-0.25, -0.2) is 9.97 Å². The first-order chi connectivity index (χ1) is 8.09. The van der Waals surface area contributed by atoms with Crippen LogP contribution in [0.3, 0.4) is 0 Å². The topological polar surface area (TPSA) is 66.9 Å². The fourth-order valence-corrected chi connectivity index (χ4v) is 1.96. The molecule has 0 fully saturated rings. The first-order valence-electron chi connectivity index (χ1n) is 5.54. The van der Waals surface area contributed by atoms with Crippen molar-refractivity contribution in [2.75, 3.05) is 17.6 Å². The minimum Gasteiger partial charge on any atom is -0.366 e. The van der Waals surface area contributed by atoms with Crippen LogP contribution in [0.25, 0.3) is 0 Å². The first kappa shape index (κ1) is 13.8. The molecule has 6 heteroatoms. The number of aromatic nitrogens is 2. The Balaban J connectivity index is 2.49. The second kappa shape index (κ2) is 7.11. The largest absolute Gasteiger partial charge is 0.366 e. The van der Waals surface area contributed by atoms with E-state index in [1.54, 1.807) is 24.2 Å². The summed E-state index contributed by atoms with van der Waals surface area (Å²) in [4.78, 5) is 19.2. The molecule has 0 aliphatic rings. The van der Waals surface area contributed by atoms with Crippen LogP contribution in [-0.4, -0.2) is 34.2 Å². The van der Waals surface area contributed by atoms with Gasteiger partial charge in [-0.3, -0.25) is 4.79 Å². The molecule has 2 N–H and O–H groups in total. The molecule has 1 rings (SSSR count). The molecule has 0 radical (unpaired) electrons. The summed E-state index contributed by atoms with van der Waals surface area (Å²) in [7, 11) is 0. The van der Waals surface area contributed by atoms with Crippen LogP contribution in [0.5, 0.6) is 0 Å². The van der Waals surface area contributed by atoms with Crippen LogP contribution in [0.4, 0.5) is 5.82 Å². The van der Waals surface area contributed by atoms with E-state index in [1.807, 2.05) is 0 Å². The van der Waals surface area contributed by atoms with Gasteiger partial charge in [0.15, 0.2) is 5.82 Å². The second-order valence-corrected chi connectivity index (χ2v) is 4.92. The summed E-state index contributed by atoms with van der Waals surface area (Å²) in [5.74, 6) is 1.58. The summed E-state index contributed by atoms with van der Waals surface area (Å²) in [6.45, 7) is 6.26. The average molecular weight is 254 g/mol. The van der Waals surface area contributed by atoms with Crippen LogP contribution in [0.15, 0.2) is 17.4 Å². The molecule has 1 aromatic heterocycles. The maximum atomic E-state index is 10.7. The van der Waals surface area contributed by atoms with E-state index < -0.39 is 0 Å². The summed E-state index contributed by atoms with van der Waals surface area (Å²) in [6.07, 6.45) is 3.34. The Labute approximate surface area is 106 Å². The standard InChI is InChI=1S/C11H18N4OS/c1-8(2)15-10-11(14-5-4-13-10)17-7-6-12-9(3)16/h4-5,8H,6-7H2,1-3H3,(H,12,16)(H,13,15). The van der Waals surface area contributed by atoms with Crippen LogP contribution < -0.4 is 10.6 Å². The number of carbonyl (C=O) groups is 1. The number of hydrogen-bond donors (Lipinski definition) is 2. The smallest absolute Gasteiger partial charge is 0.216 e. The van der Waals surface area contributed by atoms with E-state index in [1.165, 1.54) is 6.92 Å². The van der Waals surface area contributed by atoms with Crippen molar-refractivity contribution in [3.8, 4) is 0 Å². The minimum absolute atomic E-state index is 0.00900. The molecule has 5 nitrogen and oxygen atoms in total. The molecule has 0 atom stereocenters. The van der Waals surface area contributed by atoms with Gasteiger partial charge in [0, 0.05) is 37.7 Å². The van der Waals surface area contributed by atoms with Gasteiger partial charge in [0.2, 0.25) is 5.91 Å². The molecule has 0 saturated heterocycles. The lowest BCUT2D eigenvalue weighted by Crippen LogP contribution is -2.22. The van der Waals surface area contributed by atoms with Crippen molar-refractivity contribution in [1.29, 1.82) is 0 Å². The molecular formula is C11H18N4OS. The van der Waals surface area contributed by atoms with Crippen molar-refractivity contribution < 1.29 is 4.79 Å². The van der Waals surface area contributed by atoms with Crippen LogP contribution >= 0.6 is 11.8 Å². The molecule has 0 bridgehead atoms. The third-order valence-corrected chi connectivity index (χ3v) is 2.79. The van der Waals surface area contributed by atoms with E-state index in [9.17, 15) is 4.79 Å². The predicted molar refractivity (Wildman–Crippen MR) is 70.2 cm³/mol. The Kier molecular flexibility index (Phi) is 5.76. The first-order valence-corrected chi connectivity index (χ1v) is 6.53. The van der Waals surface area contributed by atoms with Gasteiger partial charge in [-0.1, -0.05) is 0 Å². The number of carbonyl (C=O) groups excluding carboxylic acids is 1. The zero-order valence-corrected chi connectivity index (χ0v) is 11.2. The monoisotopic (exact) mass is 254 g/mol. The van der Waals surface area contributed by atoms with Gasteiger partial charge in [0.25, 0.3) is 0 Å². The van der Waals surface area contributed by atoms with E-state index in [0.29, 0.717) is 12.6 Å². The molecule has 0 aliphatic carbocycles. The maximum Gasteiger partial charge on any atom is 0.216 e. The Morgan fingerprint density at radius 1 is 1.41 bits per heavy atom. The van der Waals surface area contributed by atoms with Crippen LogP contribution in [0, 0.1) is 0 Å². The fourth-order valence-electron chi connectivity index (χ4n) is 1.18. The van der Waals surface area contributed by atoms with E-state index in [-0.39, 0.29) is 5.91 Å². The van der Waals surface area contributed by atoms with Crippen molar-refractivity contribution in [2.45, 2.75) is 31.8 Å². The Morgan fingerprint density at radius 2 is 2.12 bits per heavy atom. The molecule has 0 unspecified atom stereocenters. The van der Waals surface area contributed by atoms with Crippen LogP contribution in [-0.2, 0) is 4.79 Å². The third kappa shape index (κ3) is 5.53. The van der Waals surface area contributed by atoms with Gasteiger partial charge in [0.1, 0.15) is 5.03 Å². The SMILES string of the molecule is CC(=O)NCCSc1nccnc1NC(C)C. The van der Waals surface area contributed by atoms with Gasteiger partial charge in [-0.2, -0.15) is 0 Å². The number of amides is 1. The van der Waals surface area contributed by atoms with E-state index >= 15 is 0 Å². The van der Waals surface area contributed by atoms with Crippen molar-refractivity contribution in [3.63, 3.8) is 0 Å². The Morgan fingerprint density at radius 3 is 2.76 bits per heavy atom. The molecule has 0 aromatic carbocycles. The summed E-state index contributed by atoms with van der Waals surface area (Å²) >= 11 is 1.58. The lowest BCUT2D eigenvalue weighted by molar-refractivity contribution is -0.118. The molecule has 1 amide bonds. The van der Waals surface area contributed by atoms with Crippen molar-refractivity contribution in [2.24, 2.45) is 0 Å². The quantitative estimate of drug-likeness (QED) is 0.595. The minimum atomic E-state index is -0.00900. The van der Waals surface area contributed by atoms with Crippen molar-refractivity contribution in [3.05, 3.63) is 12.4 Å². The third-order valence-electron chi connectivity index (χ3n) is 1.80. The average Bonchev–Trinajstić information content (AvgIpc) is 2.25. The van der Waals surface area contributed by atoms with Gasteiger partial charge in [-0.15, -0.1) is 11.8 Å². The molecule has 94 valence electrons. The van der Waals surface area contributed by atoms with Gasteiger partial charge in [-0.05, 0) is 13.8 Å². The van der Waals surface area contributed by atoms with Crippen LogP contribution in [0.2, 0.25) is 0 Å². The van der Waals surface area contributed by atoms with Gasteiger partial charge in [0.05, 0.1) is 0 Å². The maximum absolute atomic E-state index is 10.7. The molecule has 1 aromatic rings. The predicted octanol–water partition coefficient (Wildman–Crippen LogP) is 1.53. The molecule has 17 heavy (non-hydrogen) atoms. The lowest BCUT2D eigenvalue weighted by atomic mass is 10.4. The molecule has 0 spiro atoms. The number of thioether (sulfide) groups is 1. The lowest BCUT2D eigenvalue weighted by Gasteiger charge is -2.11. The summed E-state index contributed by atoms with van der Waals surface area (Å²) in [6, 6.07) is 0.321. The van der Waals surface area contributed by atoms with E-state index in [2.05, 4.69) is 34.4 Å². The number of nitrogens with zero attached hydrogens (tertiary/aromatic N) is 2. The Hall–Kier alpha value is -1.30. The zero-order chi connectivity index (χ0) is 12.7. The summed E-state index contributed by atoms with van der Waals surface area (Å²) in [5, 5.41) is 6.86. The Bertz CT molecular complexity index is 370. The van der Waals surface area contributed by atoms with E-state index in [4.69, 9.17) is 0 Å². The normalized spacial score (nSPS) is 10.4. The highest BCUT2D eigenvalue weighted by molar-refractivity contribution is 7.99. The zero-order valence-electron chi connectivity index (χ0n) is 10.4. The molecule has 0 saturated carbocycles. The highest BCUT2D eigenvalue weighted by atomic mass is 32.2. The van der Waals surface area contributed by atoms with E-state index in [0.717, 1.165) is 16.6 Å².